The Morgan fingerprint density at radius 3 is 2.40 bits per heavy atom. The number of hydrogen-bond donors (Lipinski definition) is 1. The maximum absolute atomic E-state index is 12.9. The number of ether oxygens (including phenoxy) is 3. The van der Waals surface area contributed by atoms with Gasteiger partial charge >= 0.3 is 0 Å². The van der Waals surface area contributed by atoms with Gasteiger partial charge in [0, 0.05) is 44.4 Å². The molecule has 1 aromatic carbocycles. The van der Waals surface area contributed by atoms with Crippen LogP contribution in [0.3, 0.4) is 0 Å². The third kappa shape index (κ3) is 6.01. The zero-order valence-electron chi connectivity index (χ0n) is 19.2. The number of rotatable bonds is 5. The normalized spacial score (nSPS) is 18.2. The van der Waals surface area contributed by atoms with Crippen molar-refractivity contribution in [1.82, 2.24) is 4.90 Å². The molecule has 0 radical (unpaired) electrons. The lowest BCUT2D eigenvalue weighted by atomic mass is 9.95. The van der Waals surface area contributed by atoms with Crippen LogP contribution in [0.1, 0.15) is 53.5 Å². The van der Waals surface area contributed by atoms with Crippen molar-refractivity contribution in [3.05, 3.63) is 17.7 Å². The van der Waals surface area contributed by atoms with Gasteiger partial charge in [-0.2, -0.15) is 0 Å². The average molecular weight is 421 g/mol. The van der Waals surface area contributed by atoms with E-state index in [4.69, 9.17) is 14.2 Å². The smallest absolute Gasteiger partial charge is 0.231 e. The average Bonchev–Trinajstić information content (AvgIpc) is 3.07. The fourth-order valence-electron chi connectivity index (χ4n) is 3.76. The Kier molecular flexibility index (Phi) is 6.53. The largest absolute Gasteiger partial charge is 0.454 e. The van der Waals surface area contributed by atoms with Gasteiger partial charge in [0.05, 0.1) is 18.3 Å². The third-order valence-corrected chi connectivity index (χ3v) is 5.03. The first-order valence-electron chi connectivity index (χ1n) is 10.7. The second kappa shape index (κ2) is 8.63. The van der Waals surface area contributed by atoms with Gasteiger partial charge in [-0.1, -0.05) is 20.8 Å². The van der Waals surface area contributed by atoms with Crippen LogP contribution in [0.25, 0.3) is 0 Å². The first-order valence-corrected chi connectivity index (χ1v) is 10.7. The monoisotopic (exact) mass is 420 g/mol. The lowest BCUT2D eigenvalue weighted by Crippen LogP contribution is -2.44. The van der Waals surface area contributed by atoms with Crippen LogP contribution in [0.5, 0.6) is 11.5 Å². The Morgan fingerprint density at radius 1 is 1.10 bits per heavy atom. The maximum Gasteiger partial charge on any atom is 0.231 e. The topological polar surface area (TPSA) is 71.5 Å². The number of fused-ring (bicyclic) bond motifs is 2. The van der Waals surface area contributed by atoms with Crippen molar-refractivity contribution < 1.29 is 24.1 Å². The lowest BCUT2D eigenvalue weighted by molar-refractivity contribution is -0.133. The number of β-amino-alcohol motifs (C(OH)–C–C–N with tert-alkyl or cyclic N) is 1. The van der Waals surface area contributed by atoms with E-state index >= 15 is 0 Å². The molecule has 0 aromatic heterocycles. The van der Waals surface area contributed by atoms with E-state index in [-0.39, 0.29) is 30.3 Å². The summed E-state index contributed by atoms with van der Waals surface area (Å²) in [5.41, 5.74) is 1.66. The molecule has 0 aliphatic carbocycles. The van der Waals surface area contributed by atoms with E-state index < -0.39 is 6.10 Å². The first-order chi connectivity index (χ1) is 13.9. The number of nitrogens with zero attached hydrogens (tertiary/aromatic N) is 2. The van der Waals surface area contributed by atoms with Gasteiger partial charge in [-0.25, -0.2) is 0 Å². The Labute approximate surface area is 179 Å². The van der Waals surface area contributed by atoms with E-state index in [9.17, 15) is 9.90 Å². The summed E-state index contributed by atoms with van der Waals surface area (Å²) in [4.78, 5) is 16.9. The number of anilines is 1. The van der Waals surface area contributed by atoms with Crippen molar-refractivity contribution in [1.29, 1.82) is 0 Å². The van der Waals surface area contributed by atoms with E-state index in [0.717, 1.165) is 11.3 Å². The minimum Gasteiger partial charge on any atom is -0.454 e. The molecule has 0 spiro atoms. The molecule has 1 N–H and O–H groups in total. The minimum absolute atomic E-state index is 0.00549. The van der Waals surface area contributed by atoms with Gasteiger partial charge in [0.25, 0.3) is 0 Å². The Bertz CT molecular complexity index is 766. The van der Waals surface area contributed by atoms with E-state index in [1.165, 1.54) is 0 Å². The van der Waals surface area contributed by atoms with Gasteiger partial charge in [0.15, 0.2) is 11.5 Å². The van der Waals surface area contributed by atoms with E-state index in [0.29, 0.717) is 44.1 Å². The first kappa shape index (κ1) is 22.7. The molecule has 1 atom stereocenters. The fourth-order valence-corrected chi connectivity index (χ4v) is 3.76. The molecule has 2 aliphatic rings. The molecule has 168 valence electrons. The van der Waals surface area contributed by atoms with E-state index in [2.05, 4.69) is 25.7 Å². The lowest BCUT2D eigenvalue weighted by Gasteiger charge is -2.37. The molecule has 1 unspecified atom stereocenters. The zero-order valence-corrected chi connectivity index (χ0v) is 19.2. The van der Waals surface area contributed by atoms with Crippen LogP contribution < -0.4 is 14.4 Å². The van der Waals surface area contributed by atoms with Crippen LogP contribution in [0, 0.1) is 5.41 Å². The molecule has 0 saturated carbocycles. The zero-order chi connectivity index (χ0) is 22.1. The van der Waals surface area contributed by atoms with Crippen LogP contribution in [0.4, 0.5) is 5.69 Å². The van der Waals surface area contributed by atoms with E-state index in [1.807, 2.05) is 37.8 Å². The van der Waals surface area contributed by atoms with Crippen molar-refractivity contribution in [2.24, 2.45) is 5.41 Å². The third-order valence-electron chi connectivity index (χ3n) is 5.03. The van der Waals surface area contributed by atoms with Gasteiger partial charge in [0.1, 0.15) is 0 Å². The van der Waals surface area contributed by atoms with E-state index in [1.54, 1.807) is 0 Å². The Balaban J connectivity index is 1.86. The minimum atomic E-state index is -0.664. The summed E-state index contributed by atoms with van der Waals surface area (Å²) < 4.78 is 16.9. The molecule has 7 nitrogen and oxygen atoms in total. The molecule has 2 aliphatic heterocycles. The summed E-state index contributed by atoms with van der Waals surface area (Å²) in [6, 6.07) is 3.94. The van der Waals surface area contributed by atoms with Gasteiger partial charge in [-0.3, -0.25) is 4.79 Å². The van der Waals surface area contributed by atoms with Crippen molar-refractivity contribution in [2.45, 2.75) is 66.2 Å². The number of hydrogen-bond acceptors (Lipinski definition) is 6. The standard InChI is InChI=1S/C23H36N2O5/c1-22(2,3)14-25-11-16-9-19-20(29-15-28-19)10-18(16)24(8-7-21(25)27)12-17(26)13-30-23(4,5)6/h9-10,17,26H,7-8,11-15H2,1-6H3. The second-order valence-electron chi connectivity index (χ2n) is 10.4. The van der Waals surface area contributed by atoms with Gasteiger partial charge in [-0.05, 0) is 37.8 Å². The van der Waals surface area contributed by atoms with Crippen molar-refractivity contribution in [2.75, 3.05) is 37.9 Å². The number of carbonyl (C=O) groups is 1. The molecule has 7 heteroatoms. The summed E-state index contributed by atoms with van der Waals surface area (Å²) >= 11 is 0. The molecule has 1 amide bonds. The summed E-state index contributed by atoms with van der Waals surface area (Å²) in [7, 11) is 0. The number of aliphatic hydroxyl groups excluding tert-OH is 1. The number of benzene rings is 1. The molecular formula is C23H36N2O5. The molecule has 30 heavy (non-hydrogen) atoms. The molecule has 0 bridgehead atoms. The number of aliphatic hydroxyl groups is 1. The summed E-state index contributed by atoms with van der Waals surface area (Å²) in [5, 5.41) is 10.6. The second-order valence-corrected chi connectivity index (χ2v) is 10.4. The quantitative estimate of drug-likeness (QED) is 0.789. The van der Waals surface area contributed by atoms with Crippen LogP contribution >= 0.6 is 0 Å². The molecule has 3 rings (SSSR count). The summed E-state index contributed by atoms with van der Waals surface area (Å²) in [6.07, 6.45) is -0.265. The number of amides is 1. The molecular weight excluding hydrogens is 384 g/mol. The van der Waals surface area contributed by atoms with Crippen LogP contribution in [0.15, 0.2) is 12.1 Å². The maximum atomic E-state index is 12.9. The van der Waals surface area contributed by atoms with Gasteiger partial charge in [-0.15, -0.1) is 0 Å². The predicted molar refractivity (Wildman–Crippen MR) is 116 cm³/mol. The van der Waals surface area contributed by atoms with Gasteiger partial charge in [0.2, 0.25) is 12.7 Å². The highest BCUT2D eigenvalue weighted by molar-refractivity contribution is 5.78. The summed E-state index contributed by atoms with van der Waals surface area (Å²) in [6.45, 7) is 14.8. The van der Waals surface area contributed by atoms with Crippen molar-refractivity contribution in [3.63, 3.8) is 0 Å². The SMILES string of the molecule is CC(C)(C)CN1Cc2cc3c(cc2N(CC(O)COC(C)(C)C)CCC1=O)OCO3. The van der Waals surface area contributed by atoms with Crippen molar-refractivity contribution >= 4 is 11.6 Å². The predicted octanol–water partition coefficient (Wildman–Crippen LogP) is 3.18. The highest BCUT2D eigenvalue weighted by Gasteiger charge is 2.29. The fraction of sp³-hybridized carbons (Fsp3) is 0.696. The molecule has 1 aromatic rings. The van der Waals surface area contributed by atoms with Crippen LogP contribution in [-0.4, -0.2) is 60.7 Å². The van der Waals surface area contributed by atoms with Crippen LogP contribution in [-0.2, 0) is 16.1 Å². The van der Waals surface area contributed by atoms with Gasteiger partial charge < -0.3 is 29.1 Å². The highest BCUT2D eigenvalue weighted by atomic mass is 16.7. The number of carbonyl (C=O) groups excluding carboxylic acids is 1. The molecule has 0 saturated heterocycles. The van der Waals surface area contributed by atoms with Crippen LogP contribution in [0.2, 0.25) is 0 Å². The Morgan fingerprint density at radius 2 is 1.77 bits per heavy atom. The molecule has 0 fully saturated rings. The van der Waals surface area contributed by atoms with Crippen molar-refractivity contribution in [3.8, 4) is 11.5 Å². The highest BCUT2D eigenvalue weighted by Crippen LogP contribution is 2.40. The Hall–Kier alpha value is -1.99. The summed E-state index contributed by atoms with van der Waals surface area (Å²) in [5.74, 6) is 1.53. The molecule has 2 heterocycles.